The van der Waals surface area contributed by atoms with Gasteiger partial charge in [-0.25, -0.2) is 8.78 Å². The molecule has 0 aliphatic carbocycles. The van der Waals surface area contributed by atoms with E-state index in [0.717, 1.165) is 18.4 Å². The Bertz CT molecular complexity index is 539. The summed E-state index contributed by atoms with van der Waals surface area (Å²) in [7, 11) is 0. The van der Waals surface area contributed by atoms with Crippen LogP contribution in [0.25, 0.3) is 0 Å². The van der Waals surface area contributed by atoms with E-state index >= 15 is 0 Å². The second kappa shape index (κ2) is 6.95. The molecule has 0 aliphatic heterocycles. The maximum absolute atomic E-state index is 13.3. The molecule has 0 fully saturated rings. The summed E-state index contributed by atoms with van der Waals surface area (Å²) in [5.74, 6) is -1.59. The van der Waals surface area contributed by atoms with Crippen molar-refractivity contribution in [2.75, 3.05) is 0 Å². The van der Waals surface area contributed by atoms with Crippen LogP contribution in [0.15, 0.2) is 35.7 Å². The van der Waals surface area contributed by atoms with Crippen LogP contribution in [0.1, 0.15) is 49.2 Å². The van der Waals surface area contributed by atoms with Gasteiger partial charge in [-0.3, -0.25) is 0 Å². The zero-order valence-corrected chi connectivity index (χ0v) is 12.5. The molecule has 0 saturated carbocycles. The van der Waals surface area contributed by atoms with Gasteiger partial charge in [0.2, 0.25) is 0 Å². The molecule has 1 heterocycles. The largest absolute Gasteiger partial charge is 0.303 e. The number of benzene rings is 1. The van der Waals surface area contributed by atoms with Gasteiger partial charge in [-0.2, -0.15) is 0 Å². The van der Waals surface area contributed by atoms with Crippen molar-refractivity contribution >= 4 is 11.3 Å². The Morgan fingerprint density at radius 2 is 2.00 bits per heavy atom. The highest BCUT2D eigenvalue weighted by atomic mass is 32.1. The van der Waals surface area contributed by atoms with Crippen LogP contribution in [-0.4, -0.2) is 0 Å². The maximum atomic E-state index is 13.3. The molecule has 20 heavy (non-hydrogen) atoms. The van der Waals surface area contributed by atoms with Gasteiger partial charge < -0.3 is 5.32 Å². The van der Waals surface area contributed by atoms with Crippen molar-refractivity contribution in [3.8, 4) is 0 Å². The summed E-state index contributed by atoms with van der Waals surface area (Å²) in [5.41, 5.74) is 0.765. The van der Waals surface area contributed by atoms with Crippen molar-refractivity contribution < 1.29 is 8.78 Å². The van der Waals surface area contributed by atoms with Gasteiger partial charge in [0.1, 0.15) is 0 Å². The number of hydrogen-bond acceptors (Lipinski definition) is 2. The number of hydrogen-bond donors (Lipinski definition) is 1. The smallest absolute Gasteiger partial charge is 0.159 e. The maximum Gasteiger partial charge on any atom is 0.159 e. The van der Waals surface area contributed by atoms with Crippen molar-refractivity contribution in [1.82, 2.24) is 5.32 Å². The Kier molecular flexibility index (Phi) is 5.26. The first-order chi connectivity index (χ1) is 9.61. The molecule has 108 valence electrons. The topological polar surface area (TPSA) is 12.0 Å². The predicted molar refractivity (Wildman–Crippen MR) is 79.9 cm³/mol. The zero-order chi connectivity index (χ0) is 14.5. The summed E-state index contributed by atoms with van der Waals surface area (Å²) in [6.07, 6.45) is 2.09. The Hall–Kier alpha value is -1.26. The molecule has 0 amide bonds. The van der Waals surface area contributed by atoms with Crippen LogP contribution in [0, 0.1) is 11.6 Å². The highest BCUT2D eigenvalue weighted by Gasteiger charge is 2.16. The summed E-state index contributed by atoms with van der Waals surface area (Å²) in [6.45, 7) is 4.12. The van der Waals surface area contributed by atoms with Crippen LogP contribution in [0.4, 0.5) is 8.78 Å². The van der Waals surface area contributed by atoms with Gasteiger partial charge in [-0.1, -0.05) is 25.5 Å². The standard InChI is InChI=1S/C16H19F2NS/c1-3-5-15(16-6-4-9-20-16)19-11(2)12-7-8-13(17)14(18)10-12/h4,6-11,15,19H,3,5H2,1-2H3. The first-order valence-corrected chi connectivity index (χ1v) is 7.74. The van der Waals surface area contributed by atoms with Gasteiger partial charge >= 0.3 is 0 Å². The van der Waals surface area contributed by atoms with Crippen LogP contribution in [0.2, 0.25) is 0 Å². The minimum Gasteiger partial charge on any atom is -0.303 e. The van der Waals surface area contributed by atoms with Gasteiger partial charge in [0.05, 0.1) is 0 Å². The van der Waals surface area contributed by atoms with E-state index in [0.29, 0.717) is 0 Å². The summed E-state index contributed by atoms with van der Waals surface area (Å²) < 4.78 is 26.3. The number of halogens is 2. The molecule has 0 radical (unpaired) electrons. The van der Waals surface area contributed by atoms with E-state index in [1.807, 2.05) is 13.0 Å². The second-order valence-electron chi connectivity index (χ2n) is 4.92. The molecule has 1 aromatic heterocycles. The monoisotopic (exact) mass is 295 g/mol. The number of rotatable bonds is 6. The van der Waals surface area contributed by atoms with Crippen molar-refractivity contribution in [1.29, 1.82) is 0 Å². The number of nitrogens with one attached hydrogen (secondary N) is 1. The molecule has 1 nitrogen and oxygen atoms in total. The highest BCUT2D eigenvalue weighted by molar-refractivity contribution is 7.10. The van der Waals surface area contributed by atoms with Gasteiger partial charge in [0.25, 0.3) is 0 Å². The van der Waals surface area contributed by atoms with Crippen molar-refractivity contribution in [3.05, 3.63) is 57.8 Å². The normalized spacial score (nSPS) is 14.2. The molecule has 1 N–H and O–H groups in total. The van der Waals surface area contributed by atoms with Crippen LogP contribution < -0.4 is 5.32 Å². The fourth-order valence-electron chi connectivity index (χ4n) is 2.27. The summed E-state index contributed by atoms with van der Waals surface area (Å²) >= 11 is 1.72. The molecule has 4 heteroatoms. The van der Waals surface area contributed by atoms with Crippen molar-refractivity contribution in [2.45, 2.75) is 38.8 Å². The van der Waals surface area contributed by atoms with Gasteiger partial charge in [-0.15, -0.1) is 11.3 Å². The van der Waals surface area contributed by atoms with Crippen LogP contribution in [-0.2, 0) is 0 Å². The SMILES string of the molecule is CCCC(NC(C)c1ccc(F)c(F)c1)c1cccs1. The van der Waals surface area contributed by atoms with Gasteiger partial charge in [0.15, 0.2) is 11.6 Å². The molecular formula is C16H19F2NS. The van der Waals surface area contributed by atoms with E-state index in [4.69, 9.17) is 0 Å². The quantitative estimate of drug-likeness (QED) is 0.770. The van der Waals surface area contributed by atoms with Gasteiger partial charge in [0, 0.05) is 17.0 Å². The lowest BCUT2D eigenvalue weighted by atomic mass is 10.0. The predicted octanol–water partition coefficient (Wildman–Crippen LogP) is 5.22. The molecule has 0 aliphatic rings. The Morgan fingerprint density at radius 3 is 2.60 bits per heavy atom. The lowest BCUT2D eigenvalue weighted by Gasteiger charge is -2.22. The van der Waals surface area contributed by atoms with Crippen molar-refractivity contribution in [2.24, 2.45) is 0 Å². The number of thiophene rings is 1. The van der Waals surface area contributed by atoms with E-state index in [1.165, 1.54) is 17.0 Å². The van der Waals surface area contributed by atoms with Crippen LogP contribution in [0.5, 0.6) is 0 Å². The van der Waals surface area contributed by atoms with Crippen molar-refractivity contribution in [3.63, 3.8) is 0 Å². The third-order valence-electron chi connectivity index (χ3n) is 3.36. The molecule has 0 bridgehead atoms. The van der Waals surface area contributed by atoms with E-state index in [2.05, 4.69) is 23.7 Å². The average molecular weight is 295 g/mol. The Labute approximate surface area is 122 Å². The first-order valence-electron chi connectivity index (χ1n) is 6.86. The fraction of sp³-hybridized carbons (Fsp3) is 0.375. The molecule has 2 aromatic rings. The van der Waals surface area contributed by atoms with Crippen LogP contribution >= 0.6 is 11.3 Å². The molecule has 2 atom stereocenters. The minimum atomic E-state index is -0.802. The van der Waals surface area contributed by atoms with Crippen LogP contribution in [0.3, 0.4) is 0 Å². The Morgan fingerprint density at radius 1 is 1.20 bits per heavy atom. The average Bonchev–Trinajstić information content (AvgIpc) is 2.95. The zero-order valence-electron chi connectivity index (χ0n) is 11.7. The van der Waals surface area contributed by atoms with Gasteiger partial charge in [-0.05, 0) is 42.5 Å². The summed E-state index contributed by atoms with van der Waals surface area (Å²) in [6, 6.07) is 8.45. The van der Waals surface area contributed by atoms with E-state index in [-0.39, 0.29) is 12.1 Å². The fourth-order valence-corrected chi connectivity index (χ4v) is 3.09. The highest BCUT2D eigenvalue weighted by Crippen LogP contribution is 2.27. The van der Waals surface area contributed by atoms with E-state index in [1.54, 1.807) is 17.4 Å². The minimum absolute atomic E-state index is 0.0243. The Balaban J connectivity index is 2.11. The lowest BCUT2D eigenvalue weighted by Crippen LogP contribution is -2.24. The first kappa shape index (κ1) is 15.1. The second-order valence-corrected chi connectivity index (χ2v) is 5.90. The van der Waals surface area contributed by atoms with E-state index in [9.17, 15) is 8.78 Å². The third kappa shape index (κ3) is 3.64. The lowest BCUT2D eigenvalue weighted by molar-refractivity contribution is 0.440. The van der Waals surface area contributed by atoms with E-state index < -0.39 is 11.6 Å². The summed E-state index contributed by atoms with van der Waals surface area (Å²) in [5, 5.41) is 5.56. The summed E-state index contributed by atoms with van der Waals surface area (Å²) in [4.78, 5) is 1.28. The molecule has 1 aromatic carbocycles. The molecule has 0 saturated heterocycles. The molecule has 2 unspecified atom stereocenters. The molecule has 2 rings (SSSR count). The third-order valence-corrected chi connectivity index (χ3v) is 4.34. The molecule has 0 spiro atoms. The molecular weight excluding hydrogens is 276 g/mol.